The second-order valence-electron chi connectivity index (χ2n) is 8.13. The van der Waals surface area contributed by atoms with Crippen LogP contribution in [0.25, 0.3) is 10.9 Å². The van der Waals surface area contributed by atoms with Crippen LogP contribution in [-0.2, 0) is 0 Å². The highest BCUT2D eigenvalue weighted by atomic mass is 16.5. The number of hydrogen-bond acceptors (Lipinski definition) is 6. The van der Waals surface area contributed by atoms with Gasteiger partial charge in [0.1, 0.15) is 11.4 Å². The van der Waals surface area contributed by atoms with Crippen molar-refractivity contribution in [3.63, 3.8) is 0 Å². The van der Waals surface area contributed by atoms with Gasteiger partial charge in [0, 0.05) is 30.2 Å². The Morgan fingerprint density at radius 2 is 1.75 bits per heavy atom. The Labute approximate surface area is 188 Å². The minimum Gasteiger partial charge on any atom is -0.497 e. The number of piperidine rings is 1. The van der Waals surface area contributed by atoms with E-state index in [4.69, 9.17) is 19.2 Å². The summed E-state index contributed by atoms with van der Waals surface area (Å²) in [5.41, 5.74) is 2.72. The number of likely N-dealkylation sites (tertiary alicyclic amines) is 1. The van der Waals surface area contributed by atoms with Crippen LogP contribution in [0.15, 0.2) is 42.5 Å². The van der Waals surface area contributed by atoms with Crippen molar-refractivity contribution in [3.8, 4) is 17.2 Å². The van der Waals surface area contributed by atoms with E-state index < -0.39 is 0 Å². The first-order valence-corrected chi connectivity index (χ1v) is 10.8. The average Bonchev–Trinajstić information content (AvgIpc) is 2.83. The summed E-state index contributed by atoms with van der Waals surface area (Å²) in [4.78, 5) is 19.9. The lowest BCUT2D eigenvalue weighted by atomic mass is 10.00. The lowest BCUT2D eigenvalue weighted by molar-refractivity contribution is 0.0677. The topological polar surface area (TPSA) is 72.9 Å². The maximum Gasteiger partial charge on any atom is 0.272 e. The zero-order valence-corrected chi connectivity index (χ0v) is 19.0. The molecular formula is C25H29N3O4. The van der Waals surface area contributed by atoms with Crippen molar-refractivity contribution >= 4 is 28.2 Å². The Hall–Kier alpha value is -3.48. The molecule has 2 heterocycles. The van der Waals surface area contributed by atoms with Gasteiger partial charge in [-0.1, -0.05) is 6.92 Å². The Morgan fingerprint density at radius 1 is 1.03 bits per heavy atom. The van der Waals surface area contributed by atoms with Crippen LogP contribution in [-0.4, -0.2) is 50.2 Å². The molecule has 0 unspecified atom stereocenters. The molecule has 168 valence electrons. The van der Waals surface area contributed by atoms with E-state index in [-0.39, 0.29) is 5.91 Å². The number of amides is 1. The highest BCUT2D eigenvalue weighted by Crippen LogP contribution is 2.36. The van der Waals surface area contributed by atoms with E-state index in [9.17, 15) is 4.79 Å². The third-order valence-corrected chi connectivity index (χ3v) is 5.85. The standard InChI is InChI=1S/C25H29N3O4/c1-16-6-5-11-28(15-16)25(29)22-13-20(26-17-7-9-18(30-2)10-8-17)19-12-23(31-3)24(32-4)14-21(19)27-22/h7-10,12-14,16H,5-6,11,15H2,1-4H3,(H,26,27)/t16-/m0/s1. The van der Waals surface area contributed by atoms with Crippen molar-refractivity contribution in [2.75, 3.05) is 39.7 Å². The van der Waals surface area contributed by atoms with Crippen LogP contribution in [0.5, 0.6) is 17.2 Å². The fourth-order valence-corrected chi connectivity index (χ4v) is 4.13. The Balaban J connectivity index is 1.79. The number of nitrogens with one attached hydrogen (secondary N) is 1. The lowest BCUT2D eigenvalue weighted by Gasteiger charge is -2.30. The largest absolute Gasteiger partial charge is 0.497 e. The number of methoxy groups -OCH3 is 3. The number of hydrogen-bond donors (Lipinski definition) is 1. The smallest absolute Gasteiger partial charge is 0.272 e. The molecule has 0 spiro atoms. The Morgan fingerprint density at radius 3 is 2.41 bits per heavy atom. The zero-order chi connectivity index (χ0) is 22.7. The van der Waals surface area contributed by atoms with Crippen LogP contribution in [0, 0.1) is 5.92 Å². The van der Waals surface area contributed by atoms with Crippen molar-refractivity contribution in [1.29, 1.82) is 0 Å². The number of benzene rings is 2. The molecule has 32 heavy (non-hydrogen) atoms. The molecule has 0 radical (unpaired) electrons. The SMILES string of the molecule is COc1ccc(Nc2cc(C(=O)N3CCC[C@H](C)C3)nc3cc(OC)c(OC)cc23)cc1. The normalized spacial score (nSPS) is 16.0. The maximum atomic E-state index is 13.3. The molecule has 1 aliphatic rings. The van der Waals surface area contributed by atoms with Crippen molar-refractivity contribution in [2.45, 2.75) is 19.8 Å². The Bertz CT molecular complexity index is 1110. The predicted molar refractivity (Wildman–Crippen MR) is 125 cm³/mol. The summed E-state index contributed by atoms with van der Waals surface area (Å²) in [7, 11) is 4.82. The maximum absolute atomic E-state index is 13.3. The van der Waals surface area contributed by atoms with Crippen LogP contribution in [0.2, 0.25) is 0 Å². The molecule has 0 aliphatic carbocycles. The van der Waals surface area contributed by atoms with Crippen LogP contribution in [0.3, 0.4) is 0 Å². The number of carbonyl (C=O) groups excluding carboxylic acids is 1. The second kappa shape index (κ2) is 9.34. The van der Waals surface area contributed by atoms with Gasteiger partial charge in [-0.15, -0.1) is 0 Å². The molecule has 1 aliphatic heterocycles. The van der Waals surface area contributed by atoms with Gasteiger partial charge in [0.15, 0.2) is 11.5 Å². The minimum atomic E-state index is -0.0500. The zero-order valence-electron chi connectivity index (χ0n) is 19.0. The number of nitrogens with zero attached hydrogens (tertiary/aromatic N) is 2. The van der Waals surface area contributed by atoms with Crippen LogP contribution >= 0.6 is 0 Å². The van der Waals surface area contributed by atoms with E-state index in [0.29, 0.717) is 28.6 Å². The van der Waals surface area contributed by atoms with Gasteiger partial charge in [-0.3, -0.25) is 4.79 Å². The summed E-state index contributed by atoms with van der Waals surface area (Å²) in [5, 5.41) is 4.27. The van der Waals surface area contributed by atoms with Gasteiger partial charge in [-0.05, 0) is 55.2 Å². The number of rotatable bonds is 6. The van der Waals surface area contributed by atoms with Gasteiger partial charge in [0.25, 0.3) is 5.91 Å². The number of pyridine rings is 1. The molecule has 1 aromatic heterocycles. The van der Waals surface area contributed by atoms with Crippen molar-refractivity contribution in [1.82, 2.24) is 9.88 Å². The summed E-state index contributed by atoms with van der Waals surface area (Å²) in [6.07, 6.45) is 2.17. The highest BCUT2D eigenvalue weighted by Gasteiger charge is 2.24. The van der Waals surface area contributed by atoms with Gasteiger partial charge in [0.05, 0.1) is 32.5 Å². The molecule has 0 bridgehead atoms. The van der Waals surface area contributed by atoms with Gasteiger partial charge >= 0.3 is 0 Å². The van der Waals surface area contributed by atoms with Crippen LogP contribution in [0.1, 0.15) is 30.3 Å². The molecule has 7 heteroatoms. The molecule has 3 aromatic rings. The number of carbonyl (C=O) groups is 1. The molecular weight excluding hydrogens is 406 g/mol. The molecule has 2 aromatic carbocycles. The third kappa shape index (κ3) is 4.42. The van der Waals surface area contributed by atoms with Gasteiger partial charge in [-0.2, -0.15) is 0 Å². The van der Waals surface area contributed by atoms with E-state index in [2.05, 4.69) is 12.2 Å². The monoisotopic (exact) mass is 435 g/mol. The molecule has 1 N–H and O–H groups in total. The van der Waals surface area contributed by atoms with E-state index in [0.717, 1.165) is 48.4 Å². The highest BCUT2D eigenvalue weighted by molar-refractivity contribution is 6.01. The van der Waals surface area contributed by atoms with Gasteiger partial charge < -0.3 is 24.4 Å². The molecule has 1 fully saturated rings. The fraction of sp³-hybridized carbons (Fsp3) is 0.360. The number of aromatic nitrogens is 1. The minimum absolute atomic E-state index is 0.0500. The quantitative estimate of drug-likeness (QED) is 0.595. The average molecular weight is 436 g/mol. The van der Waals surface area contributed by atoms with Crippen molar-refractivity contribution < 1.29 is 19.0 Å². The van der Waals surface area contributed by atoms with Crippen LogP contribution < -0.4 is 19.5 Å². The van der Waals surface area contributed by atoms with Gasteiger partial charge in [0.2, 0.25) is 0 Å². The van der Waals surface area contributed by atoms with E-state index >= 15 is 0 Å². The summed E-state index contributed by atoms with van der Waals surface area (Å²) in [5.74, 6) is 2.39. The number of ether oxygens (including phenoxy) is 3. The van der Waals surface area contributed by atoms with Gasteiger partial charge in [-0.25, -0.2) is 4.98 Å². The fourth-order valence-electron chi connectivity index (χ4n) is 4.13. The molecule has 4 rings (SSSR count). The molecule has 1 atom stereocenters. The van der Waals surface area contributed by atoms with Crippen molar-refractivity contribution in [2.24, 2.45) is 5.92 Å². The second-order valence-corrected chi connectivity index (χ2v) is 8.13. The first-order chi connectivity index (χ1) is 15.5. The third-order valence-electron chi connectivity index (χ3n) is 5.85. The van der Waals surface area contributed by atoms with E-state index in [1.165, 1.54) is 0 Å². The lowest BCUT2D eigenvalue weighted by Crippen LogP contribution is -2.39. The summed E-state index contributed by atoms with van der Waals surface area (Å²) < 4.78 is 16.2. The van der Waals surface area contributed by atoms with Crippen molar-refractivity contribution in [3.05, 3.63) is 48.2 Å². The summed E-state index contributed by atoms with van der Waals surface area (Å²) in [6, 6.07) is 13.1. The molecule has 1 amide bonds. The first kappa shape index (κ1) is 21.7. The van der Waals surface area contributed by atoms with E-state index in [1.54, 1.807) is 21.3 Å². The summed E-state index contributed by atoms with van der Waals surface area (Å²) >= 11 is 0. The van der Waals surface area contributed by atoms with Crippen LogP contribution in [0.4, 0.5) is 11.4 Å². The molecule has 7 nitrogen and oxygen atoms in total. The number of fused-ring (bicyclic) bond motifs is 1. The Kier molecular flexibility index (Phi) is 6.35. The molecule has 0 saturated carbocycles. The first-order valence-electron chi connectivity index (χ1n) is 10.8. The summed E-state index contributed by atoms with van der Waals surface area (Å²) in [6.45, 7) is 3.70. The molecule has 1 saturated heterocycles. The number of anilines is 2. The van der Waals surface area contributed by atoms with E-state index in [1.807, 2.05) is 47.4 Å². The predicted octanol–water partition coefficient (Wildman–Crippen LogP) is 4.88.